The van der Waals surface area contributed by atoms with Gasteiger partial charge in [0.2, 0.25) is 0 Å². The zero-order valence-corrected chi connectivity index (χ0v) is 9.43. The van der Waals surface area contributed by atoms with E-state index in [0.29, 0.717) is 19.6 Å². The Labute approximate surface area is 99.2 Å². The number of hydrogen-bond acceptors (Lipinski definition) is 3. The van der Waals surface area contributed by atoms with Crippen molar-refractivity contribution >= 4 is 6.09 Å². The number of amides is 1. The van der Waals surface area contributed by atoms with Crippen molar-refractivity contribution in [3.63, 3.8) is 0 Å². The molecule has 0 bridgehead atoms. The molecule has 1 aromatic rings. The van der Waals surface area contributed by atoms with Crippen molar-refractivity contribution in [1.29, 1.82) is 0 Å². The number of nitrogens with zero attached hydrogens (tertiary/aromatic N) is 1. The molecular formula is C12H15FN2O2. The minimum Gasteiger partial charge on any atom is -0.439 e. The van der Waals surface area contributed by atoms with Gasteiger partial charge in [0, 0.05) is 6.54 Å². The number of carbonyl (C=O) groups excluding carboxylic acids is 1. The summed E-state index contributed by atoms with van der Waals surface area (Å²) in [5, 5.41) is 0. The molecular weight excluding hydrogens is 223 g/mol. The van der Waals surface area contributed by atoms with E-state index >= 15 is 0 Å². The van der Waals surface area contributed by atoms with Gasteiger partial charge in [-0.15, -0.1) is 0 Å². The normalized spacial score (nSPS) is 19.5. The first-order chi connectivity index (χ1) is 8.20. The van der Waals surface area contributed by atoms with Crippen LogP contribution in [0.5, 0.6) is 0 Å². The molecule has 0 radical (unpaired) electrons. The van der Waals surface area contributed by atoms with Gasteiger partial charge < -0.3 is 15.4 Å². The van der Waals surface area contributed by atoms with Crippen molar-refractivity contribution in [3.8, 4) is 0 Å². The van der Waals surface area contributed by atoms with Crippen LogP contribution in [-0.4, -0.2) is 30.6 Å². The summed E-state index contributed by atoms with van der Waals surface area (Å²) in [7, 11) is 0. The summed E-state index contributed by atoms with van der Waals surface area (Å²) < 4.78 is 18.0. The Morgan fingerprint density at radius 2 is 2.12 bits per heavy atom. The first-order valence-electron chi connectivity index (χ1n) is 5.62. The second-order valence-electron chi connectivity index (χ2n) is 4.01. The van der Waals surface area contributed by atoms with Crippen molar-refractivity contribution in [1.82, 2.24) is 4.90 Å². The quantitative estimate of drug-likeness (QED) is 0.868. The molecule has 1 aliphatic rings. The number of rotatable bonds is 4. The van der Waals surface area contributed by atoms with E-state index in [4.69, 9.17) is 10.5 Å². The van der Waals surface area contributed by atoms with Crippen LogP contribution in [0.3, 0.4) is 0 Å². The minimum absolute atomic E-state index is 0.293. The first kappa shape index (κ1) is 11.9. The standard InChI is InChI=1S/C12H15FN2O2/c13-10-4-2-9(3-5-10)11-8-15(7-1-6-14)12(16)17-11/h2-5,11H,1,6-8,14H2. The number of carbonyl (C=O) groups is 1. The number of nitrogens with two attached hydrogens (primary N) is 1. The van der Waals surface area contributed by atoms with Gasteiger partial charge in [0.25, 0.3) is 0 Å². The average Bonchev–Trinajstić information content (AvgIpc) is 2.69. The molecule has 1 aliphatic heterocycles. The highest BCUT2D eigenvalue weighted by atomic mass is 19.1. The van der Waals surface area contributed by atoms with Gasteiger partial charge in [0.15, 0.2) is 0 Å². The van der Waals surface area contributed by atoms with Crippen molar-refractivity contribution in [3.05, 3.63) is 35.6 Å². The van der Waals surface area contributed by atoms with Crippen molar-refractivity contribution in [2.24, 2.45) is 5.73 Å². The van der Waals surface area contributed by atoms with E-state index in [-0.39, 0.29) is 18.0 Å². The van der Waals surface area contributed by atoms with Crippen molar-refractivity contribution < 1.29 is 13.9 Å². The summed E-state index contributed by atoms with van der Waals surface area (Å²) in [6.45, 7) is 1.66. The number of benzene rings is 1. The van der Waals surface area contributed by atoms with Crippen LogP contribution in [0.25, 0.3) is 0 Å². The molecule has 0 aliphatic carbocycles. The summed E-state index contributed by atoms with van der Waals surface area (Å²) >= 11 is 0. The molecule has 0 saturated carbocycles. The molecule has 1 aromatic carbocycles. The van der Waals surface area contributed by atoms with E-state index < -0.39 is 0 Å². The zero-order chi connectivity index (χ0) is 12.3. The van der Waals surface area contributed by atoms with Crippen LogP contribution in [0.4, 0.5) is 9.18 Å². The number of halogens is 1. The van der Waals surface area contributed by atoms with Crippen LogP contribution < -0.4 is 5.73 Å². The summed E-state index contributed by atoms with van der Waals surface area (Å²) in [6.07, 6.45) is 0.124. The molecule has 1 heterocycles. The summed E-state index contributed by atoms with van der Waals surface area (Å²) in [5.74, 6) is -0.293. The van der Waals surface area contributed by atoms with Crippen LogP contribution >= 0.6 is 0 Å². The van der Waals surface area contributed by atoms with Crippen LogP contribution in [0.2, 0.25) is 0 Å². The lowest BCUT2D eigenvalue weighted by Crippen LogP contribution is -2.27. The van der Waals surface area contributed by atoms with E-state index in [1.165, 1.54) is 12.1 Å². The van der Waals surface area contributed by atoms with Gasteiger partial charge in [-0.2, -0.15) is 0 Å². The molecule has 92 valence electrons. The second kappa shape index (κ2) is 5.14. The maximum absolute atomic E-state index is 12.8. The molecule has 1 saturated heterocycles. The maximum Gasteiger partial charge on any atom is 0.410 e. The first-order valence-corrected chi connectivity index (χ1v) is 5.62. The summed E-state index contributed by atoms with van der Waals surface area (Å²) in [4.78, 5) is 13.1. The SMILES string of the molecule is NCCCN1CC(c2ccc(F)cc2)OC1=O. The number of hydrogen-bond donors (Lipinski definition) is 1. The molecule has 2 rings (SSSR count). The maximum atomic E-state index is 12.8. The lowest BCUT2D eigenvalue weighted by atomic mass is 10.1. The van der Waals surface area contributed by atoms with Crippen LogP contribution in [0.15, 0.2) is 24.3 Å². The number of ether oxygens (including phenoxy) is 1. The fourth-order valence-electron chi connectivity index (χ4n) is 1.82. The monoisotopic (exact) mass is 238 g/mol. The highest BCUT2D eigenvalue weighted by Gasteiger charge is 2.31. The van der Waals surface area contributed by atoms with Gasteiger partial charge in [0.05, 0.1) is 6.54 Å². The Kier molecular flexibility index (Phi) is 3.58. The largest absolute Gasteiger partial charge is 0.439 e. The Balaban J connectivity index is 2.00. The van der Waals surface area contributed by atoms with E-state index in [1.54, 1.807) is 17.0 Å². The predicted octanol–water partition coefficient (Wildman–Crippen LogP) is 1.67. The molecule has 0 spiro atoms. The predicted molar refractivity (Wildman–Crippen MR) is 60.9 cm³/mol. The van der Waals surface area contributed by atoms with E-state index in [1.807, 2.05) is 0 Å². The van der Waals surface area contributed by atoms with Gasteiger partial charge in [-0.25, -0.2) is 9.18 Å². The fourth-order valence-corrected chi connectivity index (χ4v) is 1.82. The van der Waals surface area contributed by atoms with Gasteiger partial charge in [-0.3, -0.25) is 0 Å². The van der Waals surface area contributed by atoms with E-state index in [0.717, 1.165) is 12.0 Å². The van der Waals surface area contributed by atoms with E-state index in [9.17, 15) is 9.18 Å². The molecule has 1 amide bonds. The van der Waals surface area contributed by atoms with Gasteiger partial charge in [0.1, 0.15) is 11.9 Å². The van der Waals surface area contributed by atoms with Crippen LogP contribution in [-0.2, 0) is 4.74 Å². The highest BCUT2D eigenvalue weighted by Crippen LogP contribution is 2.26. The highest BCUT2D eigenvalue weighted by molar-refractivity contribution is 5.70. The molecule has 0 aromatic heterocycles. The topological polar surface area (TPSA) is 55.6 Å². The molecule has 5 heteroatoms. The fraction of sp³-hybridized carbons (Fsp3) is 0.417. The third-order valence-corrected chi connectivity index (χ3v) is 2.76. The molecule has 1 unspecified atom stereocenters. The molecule has 1 atom stereocenters. The Hall–Kier alpha value is -1.62. The summed E-state index contributed by atoms with van der Waals surface area (Å²) in [6, 6.07) is 6.01. The average molecular weight is 238 g/mol. The molecule has 1 fully saturated rings. The van der Waals surface area contributed by atoms with Crippen molar-refractivity contribution in [2.75, 3.05) is 19.6 Å². The van der Waals surface area contributed by atoms with Gasteiger partial charge in [-0.05, 0) is 30.7 Å². The third kappa shape index (κ3) is 2.74. The zero-order valence-electron chi connectivity index (χ0n) is 9.43. The lowest BCUT2D eigenvalue weighted by Gasteiger charge is -2.11. The van der Waals surface area contributed by atoms with Gasteiger partial charge in [-0.1, -0.05) is 12.1 Å². The van der Waals surface area contributed by atoms with Gasteiger partial charge >= 0.3 is 6.09 Å². The van der Waals surface area contributed by atoms with Crippen LogP contribution in [0.1, 0.15) is 18.1 Å². The smallest absolute Gasteiger partial charge is 0.410 e. The Morgan fingerprint density at radius 3 is 2.76 bits per heavy atom. The third-order valence-electron chi connectivity index (χ3n) is 2.76. The van der Waals surface area contributed by atoms with Crippen molar-refractivity contribution in [2.45, 2.75) is 12.5 Å². The minimum atomic E-state index is -0.326. The molecule has 17 heavy (non-hydrogen) atoms. The number of cyclic esters (lactones) is 1. The lowest BCUT2D eigenvalue weighted by molar-refractivity contribution is 0.132. The molecule has 4 nitrogen and oxygen atoms in total. The van der Waals surface area contributed by atoms with Crippen LogP contribution in [0, 0.1) is 5.82 Å². The second-order valence-corrected chi connectivity index (χ2v) is 4.01. The summed E-state index contributed by atoms with van der Waals surface area (Å²) in [5.41, 5.74) is 6.21. The van der Waals surface area contributed by atoms with E-state index in [2.05, 4.69) is 0 Å². The molecule has 2 N–H and O–H groups in total. The Morgan fingerprint density at radius 1 is 1.41 bits per heavy atom. The Bertz CT molecular complexity index is 394.